The lowest BCUT2D eigenvalue weighted by molar-refractivity contribution is -0.123. The summed E-state index contributed by atoms with van der Waals surface area (Å²) >= 11 is 5.95. The average molecular weight is 288 g/mol. The van der Waals surface area contributed by atoms with Gasteiger partial charge in [0.1, 0.15) is 0 Å². The predicted octanol–water partition coefficient (Wildman–Crippen LogP) is 2.96. The molecule has 1 aliphatic heterocycles. The zero-order valence-electron chi connectivity index (χ0n) is 11.0. The molecule has 1 saturated heterocycles. The van der Waals surface area contributed by atoms with E-state index in [1.165, 1.54) is 4.90 Å². The van der Waals surface area contributed by atoms with Crippen LogP contribution in [0, 0.1) is 30.6 Å². The van der Waals surface area contributed by atoms with Crippen molar-refractivity contribution < 1.29 is 9.59 Å². The van der Waals surface area contributed by atoms with Crippen molar-refractivity contribution in [3.05, 3.63) is 40.9 Å². The fourth-order valence-electron chi connectivity index (χ4n) is 4.01. The zero-order chi connectivity index (χ0) is 14.0. The van der Waals surface area contributed by atoms with Gasteiger partial charge in [-0.05, 0) is 48.9 Å². The molecule has 2 fully saturated rings. The van der Waals surface area contributed by atoms with Crippen molar-refractivity contribution in [1.29, 1.82) is 0 Å². The summed E-state index contributed by atoms with van der Waals surface area (Å²) in [5.41, 5.74) is 1.54. The summed E-state index contributed by atoms with van der Waals surface area (Å²) in [4.78, 5) is 26.7. The van der Waals surface area contributed by atoms with Crippen LogP contribution in [-0.4, -0.2) is 11.8 Å². The third-order valence-electron chi connectivity index (χ3n) is 4.87. The highest BCUT2D eigenvalue weighted by molar-refractivity contribution is 6.31. The number of imide groups is 1. The van der Waals surface area contributed by atoms with Crippen LogP contribution in [0.15, 0.2) is 30.4 Å². The number of hydrogen-bond donors (Lipinski definition) is 0. The first-order valence-electron chi connectivity index (χ1n) is 6.90. The van der Waals surface area contributed by atoms with Crippen LogP contribution in [0.3, 0.4) is 0 Å². The number of aryl methyl sites for hydroxylation is 1. The van der Waals surface area contributed by atoms with Crippen molar-refractivity contribution in [1.82, 2.24) is 0 Å². The van der Waals surface area contributed by atoms with Crippen LogP contribution in [0.4, 0.5) is 5.69 Å². The molecule has 3 nitrogen and oxygen atoms in total. The molecule has 0 aromatic heterocycles. The van der Waals surface area contributed by atoms with Gasteiger partial charge in [0.25, 0.3) is 0 Å². The minimum absolute atomic E-state index is 0.0396. The fourth-order valence-corrected chi connectivity index (χ4v) is 4.24. The second-order valence-electron chi connectivity index (χ2n) is 5.94. The minimum atomic E-state index is -0.146. The van der Waals surface area contributed by atoms with E-state index in [2.05, 4.69) is 12.2 Å². The summed E-state index contributed by atoms with van der Waals surface area (Å²) in [7, 11) is 0. The highest BCUT2D eigenvalue weighted by Crippen LogP contribution is 2.53. The number of carbonyl (C=O) groups excluding carboxylic acids is 2. The molecule has 2 amide bonds. The monoisotopic (exact) mass is 287 g/mol. The average Bonchev–Trinajstić information content (AvgIpc) is 3.06. The summed E-state index contributed by atoms with van der Waals surface area (Å²) in [6.45, 7) is 1.88. The van der Waals surface area contributed by atoms with Crippen LogP contribution in [-0.2, 0) is 9.59 Å². The second kappa shape index (κ2) is 3.95. The Morgan fingerprint density at radius 2 is 1.70 bits per heavy atom. The number of carbonyl (C=O) groups is 2. The van der Waals surface area contributed by atoms with E-state index in [4.69, 9.17) is 11.6 Å². The molecule has 4 rings (SSSR count). The molecule has 0 spiro atoms. The van der Waals surface area contributed by atoms with Crippen LogP contribution < -0.4 is 4.90 Å². The Morgan fingerprint density at radius 3 is 2.25 bits per heavy atom. The number of fused-ring (bicyclic) bond motifs is 5. The van der Waals surface area contributed by atoms with Gasteiger partial charge >= 0.3 is 0 Å². The lowest BCUT2D eigenvalue weighted by atomic mass is 9.85. The summed E-state index contributed by atoms with van der Waals surface area (Å²) in [6, 6.07) is 5.29. The van der Waals surface area contributed by atoms with Crippen LogP contribution in [0.5, 0.6) is 0 Å². The Morgan fingerprint density at radius 1 is 1.10 bits per heavy atom. The molecule has 2 aliphatic carbocycles. The quantitative estimate of drug-likeness (QED) is 0.588. The molecule has 1 heterocycles. The predicted molar refractivity (Wildman–Crippen MR) is 76.4 cm³/mol. The number of allylic oxidation sites excluding steroid dienone is 2. The van der Waals surface area contributed by atoms with Crippen molar-refractivity contribution in [3.63, 3.8) is 0 Å². The molecule has 102 valence electrons. The summed E-state index contributed by atoms with van der Waals surface area (Å²) in [5.74, 6) is 0.128. The first kappa shape index (κ1) is 12.2. The van der Waals surface area contributed by atoms with Crippen molar-refractivity contribution in [2.75, 3.05) is 4.90 Å². The van der Waals surface area contributed by atoms with Gasteiger partial charge in [-0.25, -0.2) is 4.90 Å². The lowest BCUT2D eigenvalue weighted by Crippen LogP contribution is -2.33. The van der Waals surface area contributed by atoms with Crippen molar-refractivity contribution in [2.45, 2.75) is 13.3 Å². The molecule has 2 bridgehead atoms. The normalized spacial score (nSPS) is 34.2. The first-order valence-corrected chi connectivity index (χ1v) is 7.28. The van der Waals surface area contributed by atoms with Gasteiger partial charge in [-0.3, -0.25) is 9.59 Å². The highest BCUT2D eigenvalue weighted by Gasteiger charge is 2.59. The van der Waals surface area contributed by atoms with E-state index in [0.717, 1.165) is 12.0 Å². The Hall–Kier alpha value is -1.61. The molecule has 0 radical (unpaired) electrons. The molecular weight excluding hydrogens is 274 g/mol. The standard InChI is InChI=1S/C16H14ClNO2/c1-8-6-11(17)4-5-12(8)18-15(19)13-9-2-3-10(7-9)14(13)16(18)20/h2-6,9-10,13-14H,7H2,1H3/t9-,10-,13-,14-/m0/s1. The van der Waals surface area contributed by atoms with Crippen LogP contribution in [0.2, 0.25) is 5.02 Å². The van der Waals surface area contributed by atoms with Gasteiger partial charge in [0.2, 0.25) is 11.8 Å². The summed E-state index contributed by atoms with van der Waals surface area (Å²) in [6.07, 6.45) is 5.17. The first-order chi connectivity index (χ1) is 9.58. The Kier molecular flexibility index (Phi) is 2.40. The molecule has 4 atom stereocenters. The molecule has 1 aromatic rings. The van der Waals surface area contributed by atoms with Gasteiger partial charge in [-0.15, -0.1) is 0 Å². The summed E-state index contributed by atoms with van der Waals surface area (Å²) < 4.78 is 0. The molecule has 4 heteroatoms. The molecule has 20 heavy (non-hydrogen) atoms. The van der Waals surface area contributed by atoms with E-state index >= 15 is 0 Å². The largest absolute Gasteiger partial charge is 0.274 e. The van der Waals surface area contributed by atoms with Crippen LogP contribution in [0.1, 0.15) is 12.0 Å². The van der Waals surface area contributed by atoms with Gasteiger partial charge in [0.15, 0.2) is 0 Å². The Bertz CT molecular complexity index is 636. The van der Waals surface area contributed by atoms with Gasteiger partial charge in [-0.2, -0.15) is 0 Å². The van der Waals surface area contributed by atoms with Crippen molar-refractivity contribution >= 4 is 29.1 Å². The van der Waals surface area contributed by atoms with Gasteiger partial charge in [-0.1, -0.05) is 23.8 Å². The number of nitrogens with zero attached hydrogens (tertiary/aromatic N) is 1. The van der Waals surface area contributed by atoms with E-state index in [0.29, 0.717) is 10.7 Å². The molecule has 0 N–H and O–H groups in total. The summed E-state index contributed by atoms with van der Waals surface area (Å²) in [5, 5.41) is 0.618. The molecule has 1 saturated carbocycles. The van der Waals surface area contributed by atoms with Gasteiger partial charge in [0, 0.05) is 5.02 Å². The third kappa shape index (κ3) is 1.41. The fraction of sp³-hybridized carbons (Fsp3) is 0.375. The smallest absolute Gasteiger partial charge is 0.238 e. The third-order valence-corrected chi connectivity index (χ3v) is 5.11. The highest BCUT2D eigenvalue weighted by atomic mass is 35.5. The molecule has 1 aromatic carbocycles. The maximum atomic E-state index is 12.7. The van der Waals surface area contributed by atoms with Crippen molar-refractivity contribution in [2.24, 2.45) is 23.7 Å². The Balaban J connectivity index is 1.78. The van der Waals surface area contributed by atoms with E-state index in [1.54, 1.807) is 18.2 Å². The maximum absolute atomic E-state index is 12.7. The van der Waals surface area contributed by atoms with Crippen LogP contribution >= 0.6 is 11.6 Å². The topological polar surface area (TPSA) is 37.4 Å². The number of amides is 2. The number of rotatable bonds is 1. The second-order valence-corrected chi connectivity index (χ2v) is 6.38. The van der Waals surface area contributed by atoms with E-state index in [-0.39, 0.29) is 35.5 Å². The molecular formula is C16H14ClNO2. The Labute approximate surface area is 122 Å². The SMILES string of the molecule is Cc1cc(Cl)ccc1N1C(=O)[C@@H]2[C@@H](C1=O)[C@H]1C=C[C@H]2C1. The van der Waals surface area contributed by atoms with Gasteiger partial charge in [0.05, 0.1) is 17.5 Å². The van der Waals surface area contributed by atoms with E-state index in [1.807, 2.05) is 6.92 Å². The van der Waals surface area contributed by atoms with E-state index < -0.39 is 0 Å². The maximum Gasteiger partial charge on any atom is 0.238 e. The zero-order valence-corrected chi connectivity index (χ0v) is 11.8. The number of benzene rings is 1. The lowest BCUT2D eigenvalue weighted by Gasteiger charge is -2.19. The van der Waals surface area contributed by atoms with E-state index in [9.17, 15) is 9.59 Å². The number of halogens is 1. The van der Waals surface area contributed by atoms with Gasteiger partial charge < -0.3 is 0 Å². The van der Waals surface area contributed by atoms with Crippen LogP contribution in [0.25, 0.3) is 0 Å². The molecule has 0 unspecified atom stereocenters. The minimum Gasteiger partial charge on any atom is -0.274 e. The van der Waals surface area contributed by atoms with Crippen molar-refractivity contribution in [3.8, 4) is 0 Å². The number of anilines is 1. The molecule has 3 aliphatic rings. The number of hydrogen-bond acceptors (Lipinski definition) is 2.